The van der Waals surface area contributed by atoms with E-state index in [1.807, 2.05) is 35.1 Å². The molecule has 152 valence electrons. The van der Waals surface area contributed by atoms with Gasteiger partial charge in [-0.05, 0) is 26.8 Å². The second-order valence-corrected chi connectivity index (χ2v) is 7.45. The summed E-state index contributed by atoms with van der Waals surface area (Å²) in [5, 5.41) is 10.6. The molecule has 0 atom stereocenters. The molecule has 0 saturated heterocycles. The van der Waals surface area contributed by atoms with Crippen LogP contribution in [0.2, 0.25) is 0 Å². The number of hydrogen-bond donors (Lipinski definition) is 3. The van der Waals surface area contributed by atoms with Gasteiger partial charge in [0, 0.05) is 24.5 Å². The summed E-state index contributed by atoms with van der Waals surface area (Å²) < 4.78 is 7.20. The molecule has 0 spiro atoms. The molecule has 3 aromatic rings. The second-order valence-electron chi connectivity index (χ2n) is 7.45. The zero-order chi connectivity index (χ0) is 21.0. The van der Waals surface area contributed by atoms with Gasteiger partial charge in [-0.1, -0.05) is 18.2 Å². The Morgan fingerprint density at radius 2 is 2.00 bits per heavy atom. The quantitative estimate of drug-likeness (QED) is 0.562. The third kappa shape index (κ3) is 4.81. The van der Waals surface area contributed by atoms with Crippen LogP contribution in [0, 0.1) is 0 Å². The lowest BCUT2D eigenvalue weighted by molar-refractivity contribution is 0.100. The standard InChI is InChI=1S/C20H25N7O2/c1-20(2,3)27-12-14(10-24-27)25-19-23-11-15(17(21)28)18(26-19)22-9-13-7-5-6-8-16(13)29-4/h5-8,10-12H,9H2,1-4H3,(H2,21,28)(H2,22,23,25,26). The van der Waals surface area contributed by atoms with Crippen molar-refractivity contribution in [2.75, 3.05) is 17.7 Å². The van der Waals surface area contributed by atoms with Gasteiger partial charge < -0.3 is 21.1 Å². The monoisotopic (exact) mass is 395 g/mol. The maximum atomic E-state index is 11.8. The molecule has 29 heavy (non-hydrogen) atoms. The van der Waals surface area contributed by atoms with Crippen molar-refractivity contribution >= 4 is 23.4 Å². The maximum absolute atomic E-state index is 11.8. The predicted molar refractivity (Wildman–Crippen MR) is 111 cm³/mol. The molecule has 9 heteroatoms. The first kappa shape index (κ1) is 20.1. The van der Waals surface area contributed by atoms with Crippen molar-refractivity contribution in [3.8, 4) is 5.75 Å². The SMILES string of the molecule is COc1ccccc1CNc1nc(Nc2cnn(C(C)(C)C)c2)ncc1C(N)=O. The van der Waals surface area contributed by atoms with E-state index in [1.54, 1.807) is 13.3 Å². The zero-order valence-corrected chi connectivity index (χ0v) is 16.9. The van der Waals surface area contributed by atoms with Gasteiger partial charge in [0.1, 0.15) is 11.6 Å². The van der Waals surface area contributed by atoms with Gasteiger partial charge in [-0.25, -0.2) is 4.98 Å². The van der Waals surface area contributed by atoms with E-state index in [9.17, 15) is 4.79 Å². The average molecular weight is 395 g/mol. The van der Waals surface area contributed by atoms with Gasteiger partial charge in [-0.15, -0.1) is 0 Å². The van der Waals surface area contributed by atoms with Crippen molar-refractivity contribution in [1.82, 2.24) is 19.7 Å². The van der Waals surface area contributed by atoms with Crippen LogP contribution >= 0.6 is 0 Å². The number of amides is 1. The summed E-state index contributed by atoms with van der Waals surface area (Å²) in [6.07, 6.45) is 4.96. The molecule has 3 rings (SSSR count). The number of anilines is 3. The number of nitrogens with one attached hydrogen (secondary N) is 2. The molecule has 0 aliphatic rings. The molecule has 2 aromatic heterocycles. The minimum Gasteiger partial charge on any atom is -0.496 e. The fourth-order valence-electron chi connectivity index (χ4n) is 2.67. The highest BCUT2D eigenvalue weighted by atomic mass is 16.5. The average Bonchev–Trinajstić information content (AvgIpc) is 3.15. The van der Waals surface area contributed by atoms with E-state index in [-0.39, 0.29) is 11.1 Å². The van der Waals surface area contributed by atoms with Crippen molar-refractivity contribution < 1.29 is 9.53 Å². The Bertz CT molecular complexity index is 1010. The number of primary amides is 1. The number of carbonyl (C=O) groups excluding carboxylic acids is 1. The van der Waals surface area contributed by atoms with Crippen LogP contribution in [0.5, 0.6) is 5.75 Å². The number of rotatable bonds is 7. The summed E-state index contributed by atoms with van der Waals surface area (Å²) in [6.45, 7) is 6.58. The number of carbonyl (C=O) groups is 1. The Morgan fingerprint density at radius 1 is 1.24 bits per heavy atom. The minimum atomic E-state index is -0.611. The number of benzene rings is 1. The van der Waals surface area contributed by atoms with Crippen LogP contribution in [0.25, 0.3) is 0 Å². The van der Waals surface area contributed by atoms with Crippen molar-refractivity contribution in [1.29, 1.82) is 0 Å². The minimum absolute atomic E-state index is 0.141. The van der Waals surface area contributed by atoms with E-state index >= 15 is 0 Å². The lowest BCUT2D eigenvalue weighted by atomic mass is 10.1. The number of nitrogens with zero attached hydrogens (tertiary/aromatic N) is 4. The van der Waals surface area contributed by atoms with Crippen molar-refractivity contribution in [3.63, 3.8) is 0 Å². The van der Waals surface area contributed by atoms with Crippen molar-refractivity contribution in [3.05, 3.63) is 54.0 Å². The van der Waals surface area contributed by atoms with Crippen LogP contribution in [0.4, 0.5) is 17.5 Å². The molecule has 0 aliphatic carbocycles. The van der Waals surface area contributed by atoms with Crippen LogP contribution in [-0.2, 0) is 12.1 Å². The molecular formula is C20H25N7O2. The molecule has 1 aromatic carbocycles. The molecular weight excluding hydrogens is 370 g/mol. The number of para-hydroxylation sites is 1. The van der Waals surface area contributed by atoms with Gasteiger partial charge in [-0.3, -0.25) is 9.48 Å². The maximum Gasteiger partial charge on any atom is 0.254 e. The number of nitrogens with two attached hydrogens (primary N) is 1. The van der Waals surface area contributed by atoms with Gasteiger partial charge >= 0.3 is 0 Å². The van der Waals surface area contributed by atoms with E-state index in [0.717, 1.165) is 17.0 Å². The summed E-state index contributed by atoms with van der Waals surface area (Å²) in [6, 6.07) is 7.60. The second kappa shape index (κ2) is 8.17. The van der Waals surface area contributed by atoms with E-state index in [2.05, 4.69) is 46.5 Å². The van der Waals surface area contributed by atoms with Crippen molar-refractivity contribution in [2.24, 2.45) is 5.73 Å². The van der Waals surface area contributed by atoms with Gasteiger partial charge in [0.25, 0.3) is 5.91 Å². The van der Waals surface area contributed by atoms with Gasteiger partial charge in [0.05, 0.1) is 30.1 Å². The molecule has 0 radical (unpaired) electrons. The highest BCUT2D eigenvalue weighted by Crippen LogP contribution is 2.22. The Hall–Kier alpha value is -3.62. The highest BCUT2D eigenvalue weighted by Gasteiger charge is 2.16. The molecule has 0 unspecified atom stereocenters. The number of ether oxygens (including phenoxy) is 1. The summed E-state index contributed by atoms with van der Waals surface area (Å²) in [5.41, 5.74) is 7.20. The highest BCUT2D eigenvalue weighted by molar-refractivity contribution is 5.97. The van der Waals surface area contributed by atoms with E-state index in [1.165, 1.54) is 6.20 Å². The molecule has 0 bridgehead atoms. The van der Waals surface area contributed by atoms with Crippen LogP contribution in [0.3, 0.4) is 0 Å². The fourth-order valence-corrected chi connectivity index (χ4v) is 2.67. The van der Waals surface area contributed by atoms with Gasteiger partial charge in [0.2, 0.25) is 5.95 Å². The van der Waals surface area contributed by atoms with Gasteiger partial charge in [0.15, 0.2) is 0 Å². The fraction of sp³-hybridized carbons (Fsp3) is 0.300. The number of hydrogen-bond acceptors (Lipinski definition) is 7. The Morgan fingerprint density at radius 3 is 2.66 bits per heavy atom. The topological polar surface area (TPSA) is 120 Å². The molecule has 1 amide bonds. The summed E-state index contributed by atoms with van der Waals surface area (Å²) in [5.74, 6) is 0.789. The summed E-state index contributed by atoms with van der Waals surface area (Å²) >= 11 is 0. The van der Waals surface area contributed by atoms with Crippen LogP contribution in [-0.4, -0.2) is 32.8 Å². The first-order valence-electron chi connectivity index (χ1n) is 9.12. The van der Waals surface area contributed by atoms with E-state index < -0.39 is 5.91 Å². The smallest absolute Gasteiger partial charge is 0.254 e. The number of aromatic nitrogens is 4. The first-order chi connectivity index (χ1) is 13.8. The van der Waals surface area contributed by atoms with Gasteiger partial charge in [-0.2, -0.15) is 10.1 Å². The molecule has 2 heterocycles. The summed E-state index contributed by atoms with van der Waals surface area (Å²) in [4.78, 5) is 20.4. The number of methoxy groups -OCH3 is 1. The molecule has 0 aliphatic heterocycles. The van der Waals surface area contributed by atoms with Crippen molar-refractivity contribution in [2.45, 2.75) is 32.9 Å². The Kier molecular flexibility index (Phi) is 5.67. The third-order valence-electron chi connectivity index (χ3n) is 4.22. The summed E-state index contributed by atoms with van der Waals surface area (Å²) in [7, 11) is 1.61. The van der Waals surface area contributed by atoms with Crippen LogP contribution < -0.4 is 21.1 Å². The van der Waals surface area contributed by atoms with Crippen LogP contribution in [0.1, 0.15) is 36.7 Å². The predicted octanol–water partition coefficient (Wildman–Crippen LogP) is 2.89. The third-order valence-corrected chi connectivity index (χ3v) is 4.22. The largest absolute Gasteiger partial charge is 0.496 e. The van der Waals surface area contributed by atoms with E-state index in [4.69, 9.17) is 10.5 Å². The lowest BCUT2D eigenvalue weighted by Crippen LogP contribution is -2.21. The molecule has 4 N–H and O–H groups in total. The molecule has 9 nitrogen and oxygen atoms in total. The molecule has 0 fully saturated rings. The Labute approximate surface area is 169 Å². The Balaban J connectivity index is 1.82. The van der Waals surface area contributed by atoms with Crippen LogP contribution in [0.15, 0.2) is 42.9 Å². The zero-order valence-electron chi connectivity index (χ0n) is 16.9. The lowest BCUT2D eigenvalue weighted by Gasteiger charge is -2.18. The normalized spacial score (nSPS) is 11.2. The molecule has 0 saturated carbocycles. The van der Waals surface area contributed by atoms with E-state index in [0.29, 0.717) is 18.3 Å². The first-order valence-corrected chi connectivity index (χ1v) is 9.12.